The van der Waals surface area contributed by atoms with Crippen LogP contribution in [0.2, 0.25) is 0 Å². The summed E-state index contributed by atoms with van der Waals surface area (Å²) in [6.07, 6.45) is 3.33. The van der Waals surface area contributed by atoms with Crippen molar-refractivity contribution in [2.45, 2.75) is 38.3 Å². The van der Waals surface area contributed by atoms with Crippen molar-refractivity contribution in [3.63, 3.8) is 0 Å². The number of nitrogens with zero attached hydrogens (tertiary/aromatic N) is 1. The van der Waals surface area contributed by atoms with Gasteiger partial charge in [-0.05, 0) is 24.8 Å². The number of hydrogen-bond donors (Lipinski definition) is 1. The van der Waals surface area contributed by atoms with E-state index in [1.54, 1.807) is 0 Å². The smallest absolute Gasteiger partial charge is 0.227 e. The molecule has 0 radical (unpaired) electrons. The lowest BCUT2D eigenvalue weighted by atomic mass is 9.93. The highest BCUT2D eigenvalue weighted by molar-refractivity contribution is 5.85. The van der Waals surface area contributed by atoms with E-state index in [1.165, 1.54) is 0 Å². The minimum Gasteiger partial charge on any atom is -0.381 e. The molecule has 4 nitrogen and oxygen atoms in total. The summed E-state index contributed by atoms with van der Waals surface area (Å²) in [5.41, 5.74) is 7.36. The van der Waals surface area contributed by atoms with Crippen molar-refractivity contribution >= 4 is 18.3 Å². The van der Waals surface area contributed by atoms with E-state index in [1.807, 2.05) is 37.3 Å². The first-order valence-corrected chi connectivity index (χ1v) is 8.35. The molecule has 2 aliphatic rings. The topological polar surface area (TPSA) is 55.6 Å². The third-order valence-corrected chi connectivity index (χ3v) is 4.86. The minimum absolute atomic E-state index is 0. The number of halogens is 1. The fraction of sp³-hybridized carbons (Fsp3) is 0.611. The molecule has 0 aromatic heterocycles. The molecule has 1 heterocycles. The third-order valence-electron chi connectivity index (χ3n) is 4.86. The molecule has 1 aromatic carbocycles. The fourth-order valence-electron chi connectivity index (χ4n) is 3.19. The number of rotatable bonds is 6. The summed E-state index contributed by atoms with van der Waals surface area (Å²) >= 11 is 0. The molecule has 1 saturated heterocycles. The van der Waals surface area contributed by atoms with Crippen LogP contribution >= 0.6 is 12.4 Å². The van der Waals surface area contributed by atoms with Crippen LogP contribution in [0.4, 0.5) is 0 Å². The molecule has 0 bridgehead atoms. The Kier molecular flexibility index (Phi) is 6.45. The highest BCUT2D eigenvalue weighted by Crippen LogP contribution is 2.32. The molecule has 1 amide bonds. The van der Waals surface area contributed by atoms with E-state index < -0.39 is 0 Å². The second-order valence-corrected chi connectivity index (χ2v) is 6.68. The average Bonchev–Trinajstić information content (AvgIpc) is 3.27. The maximum absolute atomic E-state index is 12.9. The van der Waals surface area contributed by atoms with Gasteiger partial charge in [0.25, 0.3) is 0 Å². The molecule has 2 fully saturated rings. The Hall–Kier alpha value is -1.10. The first kappa shape index (κ1) is 18.2. The molecule has 1 saturated carbocycles. The van der Waals surface area contributed by atoms with Crippen LogP contribution < -0.4 is 5.73 Å². The summed E-state index contributed by atoms with van der Waals surface area (Å²) in [6.45, 7) is 4.40. The summed E-state index contributed by atoms with van der Waals surface area (Å²) in [5.74, 6) is 0.501. The van der Waals surface area contributed by atoms with Crippen LogP contribution in [-0.2, 0) is 9.53 Å². The van der Waals surface area contributed by atoms with Crippen LogP contribution in [0.15, 0.2) is 30.3 Å². The number of benzene rings is 1. The van der Waals surface area contributed by atoms with Crippen LogP contribution in [0.1, 0.15) is 37.8 Å². The van der Waals surface area contributed by atoms with Crippen LogP contribution in [0.5, 0.6) is 0 Å². The average molecular weight is 339 g/mol. The zero-order chi connectivity index (χ0) is 15.5. The Morgan fingerprint density at radius 3 is 2.57 bits per heavy atom. The van der Waals surface area contributed by atoms with Crippen molar-refractivity contribution < 1.29 is 9.53 Å². The SMILES string of the molecule is CC(C(=O)N(CC1CCOC1)C1CC1)C(N)c1ccccc1.Cl. The van der Waals surface area contributed by atoms with Crippen molar-refractivity contribution in [3.05, 3.63) is 35.9 Å². The van der Waals surface area contributed by atoms with Crippen molar-refractivity contribution in [3.8, 4) is 0 Å². The standard InChI is InChI=1S/C18H26N2O2.ClH/c1-13(17(19)15-5-3-2-4-6-15)18(21)20(16-7-8-16)11-14-9-10-22-12-14;/h2-6,13-14,16-17H,7-12,19H2,1H3;1H. The summed E-state index contributed by atoms with van der Waals surface area (Å²) in [4.78, 5) is 15.0. The zero-order valence-electron chi connectivity index (χ0n) is 13.7. The number of carbonyl (C=O) groups is 1. The van der Waals surface area contributed by atoms with Gasteiger partial charge in [0.1, 0.15) is 0 Å². The molecule has 2 N–H and O–H groups in total. The van der Waals surface area contributed by atoms with E-state index in [9.17, 15) is 4.79 Å². The van der Waals surface area contributed by atoms with Gasteiger partial charge in [0.15, 0.2) is 0 Å². The summed E-state index contributed by atoms with van der Waals surface area (Å²) in [7, 11) is 0. The molecule has 0 spiro atoms. The Balaban J connectivity index is 0.00000192. The molecule has 3 unspecified atom stereocenters. The van der Waals surface area contributed by atoms with Crippen LogP contribution in [0, 0.1) is 11.8 Å². The summed E-state index contributed by atoms with van der Waals surface area (Å²) in [5, 5.41) is 0. The van der Waals surface area contributed by atoms with Gasteiger partial charge in [0.05, 0.1) is 12.5 Å². The van der Waals surface area contributed by atoms with E-state index in [0.717, 1.165) is 44.6 Å². The Morgan fingerprint density at radius 2 is 2.00 bits per heavy atom. The van der Waals surface area contributed by atoms with Gasteiger partial charge in [-0.1, -0.05) is 37.3 Å². The summed E-state index contributed by atoms with van der Waals surface area (Å²) < 4.78 is 5.45. The van der Waals surface area contributed by atoms with Crippen LogP contribution in [0.25, 0.3) is 0 Å². The highest BCUT2D eigenvalue weighted by Gasteiger charge is 2.37. The fourth-order valence-corrected chi connectivity index (χ4v) is 3.19. The van der Waals surface area contributed by atoms with Crippen LogP contribution in [0.3, 0.4) is 0 Å². The maximum atomic E-state index is 12.9. The Labute approximate surface area is 144 Å². The minimum atomic E-state index is -0.241. The van der Waals surface area contributed by atoms with Crippen molar-refractivity contribution in [1.29, 1.82) is 0 Å². The van der Waals surface area contributed by atoms with Gasteiger partial charge >= 0.3 is 0 Å². The predicted molar refractivity (Wildman–Crippen MR) is 93.4 cm³/mol. The van der Waals surface area contributed by atoms with E-state index >= 15 is 0 Å². The molecule has 3 rings (SSSR count). The Bertz CT molecular complexity index is 501. The lowest BCUT2D eigenvalue weighted by Gasteiger charge is -2.30. The molecule has 23 heavy (non-hydrogen) atoms. The van der Waals surface area contributed by atoms with Crippen molar-refractivity contribution in [1.82, 2.24) is 4.90 Å². The lowest BCUT2D eigenvalue weighted by Crippen LogP contribution is -2.43. The quantitative estimate of drug-likeness (QED) is 0.867. The van der Waals surface area contributed by atoms with Gasteiger partial charge < -0.3 is 15.4 Å². The first-order valence-electron chi connectivity index (χ1n) is 8.35. The van der Waals surface area contributed by atoms with Gasteiger partial charge in [-0.25, -0.2) is 0 Å². The van der Waals surface area contributed by atoms with E-state index in [4.69, 9.17) is 10.5 Å². The molecule has 1 aliphatic carbocycles. The lowest BCUT2D eigenvalue weighted by molar-refractivity contribution is -0.137. The predicted octanol–water partition coefficient (Wildman–Crippen LogP) is 2.77. The number of amides is 1. The molecule has 5 heteroatoms. The zero-order valence-corrected chi connectivity index (χ0v) is 14.5. The maximum Gasteiger partial charge on any atom is 0.227 e. The molecular weight excluding hydrogens is 312 g/mol. The molecule has 128 valence electrons. The van der Waals surface area contributed by atoms with E-state index in [-0.39, 0.29) is 30.3 Å². The molecular formula is C18H27ClN2O2. The van der Waals surface area contributed by atoms with Gasteiger partial charge in [-0.3, -0.25) is 4.79 Å². The second-order valence-electron chi connectivity index (χ2n) is 6.68. The van der Waals surface area contributed by atoms with E-state index in [0.29, 0.717) is 12.0 Å². The van der Waals surface area contributed by atoms with Crippen molar-refractivity contribution in [2.24, 2.45) is 17.6 Å². The number of ether oxygens (including phenoxy) is 1. The molecule has 3 atom stereocenters. The van der Waals surface area contributed by atoms with Gasteiger partial charge in [-0.2, -0.15) is 0 Å². The number of nitrogens with two attached hydrogens (primary N) is 1. The van der Waals surface area contributed by atoms with Crippen molar-refractivity contribution in [2.75, 3.05) is 19.8 Å². The first-order chi connectivity index (χ1) is 10.7. The Morgan fingerprint density at radius 1 is 1.30 bits per heavy atom. The van der Waals surface area contributed by atoms with Gasteiger partial charge in [0.2, 0.25) is 5.91 Å². The van der Waals surface area contributed by atoms with Gasteiger partial charge in [0, 0.05) is 31.2 Å². The van der Waals surface area contributed by atoms with E-state index in [2.05, 4.69) is 4.90 Å². The largest absolute Gasteiger partial charge is 0.381 e. The summed E-state index contributed by atoms with van der Waals surface area (Å²) in [6, 6.07) is 10.1. The number of carbonyl (C=O) groups excluding carboxylic acids is 1. The van der Waals surface area contributed by atoms with Gasteiger partial charge in [-0.15, -0.1) is 12.4 Å². The monoisotopic (exact) mass is 338 g/mol. The normalized spacial score (nSPS) is 23.0. The number of hydrogen-bond acceptors (Lipinski definition) is 3. The highest BCUT2D eigenvalue weighted by atomic mass is 35.5. The van der Waals surface area contributed by atoms with Crippen LogP contribution in [-0.4, -0.2) is 36.6 Å². The third kappa shape index (κ3) is 4.46. The molecule has 1 aliphatic heterocycles. The second kappa shape index (κ2) is 8.13. The molecule has 1 aromatic rings.